The number of rotatable bonds is 8. The maximum absolute atomic E-state index is 13.4. The summed E-state index contributed by atoms with van der Waals surface area (Å²) >= 11 is 0. The molecule has 156 valence electrons. The fourth-order valence-corrected chi connectivity index (χ4v) is 3.89. The fourth-order valence-electron chi connectivity index (χ4n) is 3.89. The Kier molecular flexibility index (Phi) is 7.40. The zero-order valence-electron chi connectivity index (χ0n) is 17.4. The number of nitrogens with one attached hydrogen (secondary N) is 1. The van der Waals surface area contributed by atoms with Crippen LogP contribution in [0.25, 0.3) is 0 Å². The average molecular weight is 399 g/mol. The van der Waals surface area contributed by atoms with E-state index >= 15 is 0 Å². The van der Waals surface area contributed by atoms with Crippen molar-refractivity contribution in [3.05, 3.63) is 71.0 Å². The number of carbonyl (C=O) groups excluding carboxylic acids is 1. The van der Waals surface area contributed by atoms with E-state index in [1.54, 1.807) is 0 Å². The predicted octanol–water partition coefficient (Wildman–Crippen LogP) is 4.17. The van der Waals surface area contributed by atoms with Gasteiger partial charge in [0.2, 0.25) is 5.91 Å². The normalized spacial score (nSPS) is 15.8. The molecule has 1 aliphatic rings. The summed E-state index contributed by atoms with van der Waals surface area (Å²) in [6, 6.07) is 14.9. The number of nitrogens with zero attached hydrogens (tertiary/aromatic N) is 1. The largest absolute Gasteiger partial charge is 0.381 e. The van der Waals surface area contributed by atoms with E-state index in [1.807, 2.05) is 17.0 Å². The summed E-state index contributed by atoms with van der Waals surface area (Å²) in [6.45, 7) is 6.99. The maximum atomic E-state index is 13.4. The van der Waals surface area contributed by atoms with Gasteiger partial charge in [-0.3, -0.25) is 10.1 Å². The quantitative estimate of drug-likeness (QED) is 0.726. The number of carbonyl (C=O) groups is 1. The van der Waals surface area contributed by atoms with Crippen LogP contribution in [-0.4, -0.2) is 37.1 Å². The van der Waals surface area contributed by atoms with E-state index in [9.17, 15) is 9.18 Å². The van der Waals surface area contributed by atoms with E-state index in [0.717, 1.165) is 36.9 Å². The van der Waals surface area contributed by atoms with Crippen molar-refractivity contribution < 1.29 is 13.9 Å². The molecule has 3 rings (SSSR count). The first kappa shape index (κ1) is 21.5. The van der Waals surface area contributed by atoms with Crippen molar-refractivity contribution in [3.8, 4) is 0 Å². The van der Waals surface area contributed by atoms with Gasteiger partial charge in [-0.05, 0) is 49.4 Å². The van der Waals surface area contributed by atoms with E-state index in [4.69, 9.17) is 4.74 Å². The molecular formula is C24H31FN2O2. The first-order valence-corrected chi connectivity index (χ1v) is 10.4. The van der Waals surface area contributed by atoms with E-state index < -0.39 is 0 Å². The van der Waals surface area contributed by atoms with Crippen LogP contribution < -0.4 is 5.32 Å². The van der Waals surface area contributed by atoms with Crippen LogP contribution in [-0.2, 0) is 21.6 Å². The molecule has 1 saturated heterocycles. The van der Waals surface area contributed by atoms with Crippen molar-refractivity contribution in [2.24, 2.45) is 0 Å². The third-order valence-corrected chi connectivity index (χ3v) is 5.66. The number of benzene rings is 2. The third kappa shape index (κ3) is 5.64. The molecule has 0 aromatic heterocycles. The van der Waals surface area contributed by atoms with Crippen LogP contribution in [0, 0.1) is 12.7 Å². The Bertz CT molecular complexity index is 784. The van der Waals surface area contributed by atoms with Crippen LogP contribution >= 0.6 is 0 Å². The van der Waals surface area contributed by atoms with Crippen molar-refractivity contribution in [1.29, 1.82) is 0 Å². The van der Waals surface area contributed by atoms with Gasteiger partial charge < -0.3 is 9.64 Å². The molecule has 0 saturated carbocycles. The number of aryl methyl sites for hydroxylation is 1. The van der Waals surface area contributed by atoms with Crippen LogP contribution in [0.1, 0.15) is 42.9 Å². The van der Waals surface area contributed by atoms with E-state index in [-0.39, 0.29) is 23.8 Å². The van der Waals surface area contributed by atoms with E-state index in [2.05, 4.69) is 43.4 Å². The lowest BCUT2D eigenvalue weighted by Crippen LogP contribution is -2.50. The highest BCUT2D eigenvalue weighted by Crippen LogP contribution is 2.32. The predicted molar refractivity (Wildman–Crippen MR) is 113 cm³/mol. The molecule has 1 amide bonds. The number of hydrogen-bond donors (Lipinski definition) is 1. The molecule has 1 N–H and O–H groups in total. The Labute approximate surface area is 173 Å². The highest BCUT2D eigenvalue weighted by Gasteiger charge is 2.34. The zero-order chi connectivity index (χ0) is 20.7. The standard InChI is InChI=1S/C24H31FN2O2/c1-3-14-27(18-20-6-4-19(2)5-7-20)23(28)17-26-24(12-15-29-16-13-24)21-8-10-22(25)11-9-21/h4-11,26H,3,12-18H2,1-2H3. The number of halogens is 1. The number of hydrogen-bond acceptors (Lipinski definition) is 3. The van der Waals surface area contributed by atoms with Gasteiger partial charge in [0.25, 0.3) is 0 Å². The minimum atomic E-state index is -0.358. The fraction of sp³-hybridized carbons (Fsp3) is 0.458. The van der Waals surface area contributed by atoms with Gasteiger partial charge >= 0.3 is 0 Å². The summed E-state index contributed by atoms with van der Waals surface area (Å²) in [6.07, 6.45) is 2.43. The Morgan fingerprint density at radius 3 is 2.38 bits per heavy atom. The maximum Gasteiger partial charge on any atom is 0.236 e. The number of amides is 1. The van der Waals surface area contributed by atoms with Crippen molar-refractivity contribution >= 4 is 5.91 Å². The second-order valence-corrected chi connectivity index (χ2v) is 7.86. The molecule has 2 aromatic carbocycles. The van der Waals surface area contributed by atoms with Crippen molar-refractivity contribution in [1.82, 2.24) is 10.2 Å². The van der Waals surface area contributed by atoms with Gasteiger partial charge in [-0.2, -0.15) is 0 Å². The molecule has 0 unspecified atom stereocenters. The summed E-state index contributed by atoms with van der Waals surface area (Å²) in [7, 11) is 0. The molecule has 5 heteroatoms. The van der Waals surface area contributed by atoms with Gasteiger partial charge in [0, 0.05) is 31.8 Å². The lowest BCUT2D eigenvalue weighted by Gasteiger charge is -2.39. The van der Waals surface area contributed by atoms with Crippen molar-refractivity contribution in [2.75, 3.05) is 26.3 Å². The van der Waals surface area contributed by atoms with Gasteiger partial charge in [0.1, 0.15) is 5.82 Å². The van der Waals surface area contributed by atoms with Crippen LogP contribution in [0.3, 0.4) is 0 Å². The minimum absolute atomic E-state index is 0.0837. The summed E-state index contributed by atoms with van der Waals surface area (Å²) in [4.78, 5) is 15.0. The first-order chi connectivity index (χ1) is 14.0. The monoisotopic (exact) mass is 398 g/mol. The molecule has 0 radical (unpaired) electrons. The molecule has 0 bridgehead atoms. The lowest BCUT2D eigenvalue weighted by atomic mass is 9.82. The summed E-state index contributed by atoms with van der Waals surface area (Å²) < 4.78 is 19.0. The van der Waals surface area contributed by atoms with Gasteiger partial charge in [-0.25, -0.2) is 4.39 Å². The Morgan fingerprint density at radius 1 is 1.10 bits per heavy atom. The summed E-state index contributed by atoms with van der Waals surface area (Å²) in [5.41, 5.74) is 3.00. The zero-order valence-corrected chi connectivity index (χ0v) is 17.4. The smallest absolute Gasteiger partial charge is 0.236 e. The van der Waals surface area contributed by atoms with Crippen LogP contribution in [0.5, 0.6) is 0 Å². The van der Waals surface area contributed by atoms with Gasteiger partial charge in [0.15, 0.2) is 0 Å². The first-order valence-electron chi connectivity index (χ1n) is 10.4. The molecule has 1 heterocycles. The van der Waals surface area contributed by atoms with Crippen molar-refractivity contribution in [2.45, 2.75) is 45.2 Å². The summed E-state index contributed by atoms with van der Waals surface area (Å²) in [5, 5.41) is 3.51. The minimum Gasteiger partial charge on any atom is -0.381 e. The highest BCUT2D eigenvalue weighted by molar-refractivity contribution is 5.78. The second kappa shape index (κ2) is 9.99. The molecular weight excluding hydrogens is 367 g/mol. The van der Waals surface area contributed by atoms with Gasteiger partial charge in [-0.1, -0.05) is 48.9 Å². The highest BCUT2D eigenvalue weighted by atomic mass is 19.1. The Hall–Kier alpha value is -2.24. The van der Waals surface area contributed by atoms with Crippen molar-refractivity contribution in [3.63, 3.8) is 0 Å². The molecule has 29 heavy (non-hydrogen) atoms. The lowest BCUT2D eigenvalue weighted by molar-refractivity contribution is -0.131. The molecule has 0 spiro atoms. The molecule has 0 aliphatic carbocycles. The molecule has 1 aliphatic heterocycles. The topological polar surface area (TPSA) is 41.6 Å². The molecule has 0 atom stereocenters. The average Bonchev–Trinajstić information content (AvgIpc) is 2.74. The SMILES string of the molecule is CCCN(Cc1ccc(C)cc1)C(=O)CNC1(c2ccc(F)cc2)CCOCC1. The second-order valence-electron chi connectivity index (χ2n) is 7.86. The Morgan fingerprint density at radius 2 is 1.76 bits per heavy atom. The van der Waals surface area contributed by atoms with E-state index in [0.29, 0.717) is 19.8 Å². The molecule has 4 nitrogen and oxygen atoms in total. The van der Waals surface area contributed by atoms with Crippen LogP contribution in [0.4, 0.5) is 4.39 Å². The third-order valence-electron chi connectivity index (χ3n) is 5.66. The van der Waals surface area contributed by atoms with E-state index in [1.165, 1.54) is 17.7 Å². The van der Waals surface area contributed by atoms with Gasteiger partial charge in [-0.15, -0.1) is 0 Å². The van der Waals surface area contributed by atoms with Gasteiger partial charge in [0.05, 0.1) is 6.54 Å². The van der Waals surface area contributed by atoms with Crippen LogP contribution in [0.2, 0.25) is 0 Å². The molecule has 1 fully saturated rings. The summed E-state index contributed by atoms with van der Waals surface area (Å²) in [5.74, 6) is -0.167. The number of ether oxygens (including phenoxy) is 1. The molecule has 2 aromatic rings. The van der Waals surface area contributed by atoms with Crippen LogP contribution in [0.15, 0.2) is 48.5 Å². The Balaban J connectivity index is 1.70.